The Bertz CT molecular complexity index is 593. The smallest absolute Gasteiger partial charge is 0.339 e. The highest BCUT2D eigenvalue weighted by Crippen LogP contribution is 2.35. The lowest BCUT2D eigenvalue weighted by Gasteiger charge is -2.30. The molecule has 136 valence electrons. The Hall–Kier alpha value is -1.57. The summed E-state index contributed by atoms with van der Waals surface area (Å²) in [4.78, 5) is 16.1. The van der Waals surface area contributed by atoms with Crippen LogP contribution in [0.3, 0.4) is 0 Å². The summed E-state index contributed by atoms with van der Waals surface area (Å²) >= 11 is 0. The molecule has 0 spiro atoms. The molecule has 0 aliphatic carbocycles. The first-order chi connectivity index (χ1) is 11.2. The molecule has 1 aromatic rings. The molecular weight excluding hydrogens is 321 g/mol. The second-order valence-corrected chi connectivity index (χ2v) is 6.29. The fourth-order valence-corrected chi connectivity index (χ4v) is 3.34. The number of amides is 1. The van der Waals surface area contributed by atoms with Gasteiger partial charge in [0.25, 0.3) is 5.91 Å². The van der Waals surface area contributed by atoms with Gasteiger partial charge in [-0.05, 0) is 47.2 Å². The molecule has 0 aromatic carbocycles. The fraction of sp³-hybridized carbons (Fsp3) is 0.750. The fourth-order valence-electron chi connectivity index (χ4n) is 3.34. The lowest BCUT2D eigenvalue weighted by molar-refractivity contribution is -0.142. The van der Waals surface area contributed by atoms with Crippen LogP contribution in [0, 0.1) is 6.92 Å². The van der Waals surface area contributed by atoms with Gasteiger partial charge >= 0.3 is 6.18 Å². The number of likely N-dealkylation sites (N-methyl/N-ethyl adjacent to an activating group) is 1. The van der Waals surface area contributed by atoms with Crippen molar-refractivity contribution in [3.05, 3.63) is 17.0 Å². The van der Waals surface area contributed by atoms with Gasteiger partial charge < -0.3 is 9.80 Å². The van der Waals surface area contributed by atoms with Crippen LogP contribution in [0.1, 0.15) is 54.5 Å². The summed E-state index contributed by atoms with van der Waals surface area (Å²) in [6.07, 6.45) is -2.97. The van der Waals surface area contributed by atoms with Crippen LogP contribution in [0.5, 0.6) is 0 Å². The van der Waals surface area contributed by atoms with Gasteiger partial charge in [-0.1, -0.05) is 0 Å². The first kappa shape index (κ1) is 18.8. The summed E-state index contributed by atoms with van der Waals surface area (Å²) in [5.74, 6) is -0.597. The van der Waals surface area contributed by atoms with E-state index >= 15 is 0 Å². The van der Waals surface area contributed by atoms with E-state index in [0.29, 0.717) is 25.3 Å². The van der Waals surface area contributed by atoms with E-state index in [4.69, 9.17) is 0 Å². The molecule has 1 fully saturated rings. The van der Waals surface area contributed by atoms with E-state index < -0.39 is 17.8 Å². The van der Waals surface area contributed by atoms with Gasteiger partial charge in [-0.3, -0.25) is 9.48 Å². The van der Waals surface area contributed by atoms with Crippen molar-refractivity contribution < 1.29 is 18.0 Å². The van der Waals surface area contributed by atoms with Crippen molar-refractivity contribution in [1.29, 1.82) is 0 Å². The van der Waals surface area contributed by atoms with E-state index in [9.17, 15) is 18.0 Å². The summed E-state index contributed by atoms with van der Waals surface area (Å²) < 4.78 is 41.8. The Morgan fingerprint density at radius 1 is 1.33 bits per heavy atom. The van der Waals surface area contributed by atoms with Gasteiger partial charge in [0.1, 0.15) is 0 Å². The van der Waals surface area contributed by atoms with Crippen LogP contribution in [0.25, 0.3) is 0 Å². The Morgan fingerprint density at radius 3 is 2.46 bits per heavy atom. The predicted molar refractivity (Wildman–Crippen MR) is 85.0 cm³/mol. The number of carbonyl (C=O) groups is 1. The van der Waals surface area contributed by atoms with Gasteiger partial charge in [0.05, 0.1) is 11.6 Å². The van der Waals surface area contributed by atoms with Crippen molar-refractivity contribution in [2.45, 2.75) is 45.8 Å². The first-order valence-electron chi connectivity index (χ1n) is 8.34. The Balaban J connectivity index is 2.50. The van der Waals surface area contributed by atoms with E-state index in [1.54, 1.807) is 20.8 Å². The zero-order valence-electron chi connectivity index (χ0n) is 14.7. The summed E-state index contributed by atoms with van der Waals surface area (Å²) in [6, 6.07) is -0.136. The maximum atomic E-state index is 13.5. The number of hydrogen-bond acceptors (Lipinski definition) is 3. The zero-order valence-corrected chi connectivity index (χ0v) is 14.7. The van der Waals surface area contributed by atoms with Crippen LogP contribution >= 0.6 is 0 Å². The molecule has 1 saturated heterocycles. The maximum absolute atomic E-state index is 13.5. The van der Waals surface area contributed by atoms with E-state index in [-0.39, 0.29) is 11.6 Å². The highest BCUT2D eigenvalue weighted by molar-refractivity contribution is 5.96. The number of piperidine rings is 1. The van der Waals surface area contributed by atoms with E-state index in [2.05, 4.69) is 10.00 Å². The second-order valence-electron chi connectivity index (χ2n) is 6.29. The highest BCUT2D eigenvalue weighted by atomic mass is 19.4. The monoisotopic (exact) mass is 346 g/mol. The molecule has 2 heterocycles. The van der Waals surface area contributed by atoms with Crippen LogP contribution < -0.4 is 0 Å². The zero-order chi connectivity index (χ0) is 18.1. The Labute approximate surface area is 140 Å². The van der Waals surface area contributed by atoms with Crippen molar-refractivity contribution in [3.63, 3.8) is 0 Å². The van der Waals surface area contributed by atoms with Crippen molar-refractivity contribution in [3.8, 4) is 0 Å². The average molecular weight is 346 g/mol. The number of likely N-dealkylation sites (tertiary alicyclic amines) is 1. The molecule has 1 aliphatic rings. The number of hydrogen-bond donors (Lipinski definition) is 0. The molecule has 24 heavy (non-hydrogen) atoms. The van der Waals surface area contributed by atoms with Gasteiger partial charge in [0.2, 0.25) is 0 Å². The third kappa shape index (κ3) is 3.58. The number of aromatic nitrogens is 2. The van der Waals surface area contributed by atoms with E-state index in [0.717, 1.165) is 19.4 Å². The minimum atomic E-state index is -4.64. The quantitative estimate of drug-likeness (QED) is 0.842. The molecule has 0 bridgehead atoms. The first-order valence-corrected chi connectivity index (χ1v) is 8.34. The van der Waals surface area contributed by atoms with Crippen LogP contribution in [0.2, 0.25) is 0 Å². The number of halogens is 3. The van der Waals surface area contributed by atoms with Crippen LogP contribution in [0.4, 0.5) is 13.2 Å². The van der Waals surface area contributed by atoms with E-state index in [1.807, 2.05) is 7.05 Å². The summed E-state index contributed by atoms with van der Waals surface area (Å²) in [7, 11) is 1.94. The maximum Gasteiger partial charge on any atom is 0.435 e. The minimum absolute atomic E-state index is 0.136. The normalized spacial score (nSPS) is 19.5. The molecule has 0 radical (unpaired) electrons. The van der Waals surface area contributed by atoms with E-state index in [1.165, 1.54) is 9.58 Å². The molecule has 1 atom stereocenters. The molecule has 5 nitrogen and oxygen atoms in total. The molecule has 8 heteroatoms. The van der Waals surface area contributed by atoms with Gasteiger partial charge in [-0.25, -0.2) is 0 Å². The molecule has 0 N–H and O–H groups in total. The standard InChI is InChI=1S/C16H25F3N4O/c1-5-22(6-2)15(24)13-11(3)23(20-14(13)16(17,18)19)12-8-7-9-21(4)10-12/h12H,5-10H2,1-4H3. The van der Waals surface area contributed by atoms with Crippen molar-refractivity contribution >= 4 is 5.91 Å². The van der Waals surface area contributed by atoms with Crippen LogP contribution in [-0.2, 0) is 6.18 Å². The number of rotatable bonds is 4. The number of alkyl halides is 3. The van der Waals surface area contributed by atoms with Gasteiger partial charge in [0, 0.05) is 25.3 Å². The predicted octanol–water partition coefficient (Wildman–Crippen LogP) is 2.96. The SMILES string of the molecule is CCN(CC)C(=O)c1c(C(F)(F)F)nn(C2CCCN(C)C2)c1C. The summed E-state index contributed by atoms with van der Waals surface area (Å²) in [5, 5.41) is 3.83. The molecule has 0 saturated carbocycles. The third-order valence-electron chi connectivity index (χ3n) is 4.63. The molecule has 2 rings (SSSR count). The Kier molecular flexibility index (Phi) is 5.57. The van der Waals surface area contributed by atoms with Gasteiger partial charge in [-0.15, -0.1) is 0 Å². The van der Waals surface area contributed by atoms with Crippen LogP contribution in [-0.4, -0.2) is 58.7 Å². The average Bonchev–Trinajstić information content (AvgIpc) is 2.86. The lowest BCUT2D eigenvalue weighted by atomic mass is 10.1. The minimum Gasteiger partial charge on any atom is -0.339 e. The number of carbonyl (C=O) groups excluding carboxylic acids is 1. The largest absolute Gasteiger partial charge is 0.435 e. The molecular formula is C16H25F3N4O. The van der Waals surface area contributed by atoms with Crippen molar-refractivity contribution in [2.24, 2.45) is 0 Å². The topological polar surface area (TPSA) is 41.4 Å². The van der Waals surface area contributed by atoms with Gasteiger partial charge in [-0.2, -0.15) is 18.3 Å². The lowest BCUT2D eigenvalue weighted by Crippen LogP contribution is -2.34. The summed E-state index contributed by atoms with van der Waals surface area (Å²) in [6.45, 7) is 7.36. The molecule has 1 aliphatic heterocycles. The van der Waals surface area contributed by atoms with Gasteiger partial charge in [0.15, 0.2) is 5.69 Å². The highest BCUT2D eigenvalue weighted by Gasteiger charge is 2.42. The molecule has 1 amide bonds. The number of nitrogens with zero attached hydrogens (tertiary/aromatic N) is 4. The van der Waals surface area contributed by atoms with Crippen molar-refractivity contribution in [2.75, 3.05) is 33.2 Å². The van der Waals surface area contributed by atoms with Crippen LogP contribution in [0.15, 0.2) is 0 Å². The molecule has 1 aromatic heterocycles. The Morgan fingerprint density at radius 2 is 1.96 bits per heavy atom. The summed E-state index contributed by atoms with van der Waals surface area (Å²) in [5.41, 5.74) is -1.07. The molecule has 1 unspecified atom stereocenters. The second kappa shape index (κ2) is 7.13. The third-order valence-corrected chi connectivity index (χ3v) is 4.63. The van der Waals surface area contributed by atoms with Crippen molar-refractivity contribution in [1.82, 2.24) is 19.6 Å².